The van der Waals surface area contributed by atoms with Crippen LogP contribution in [-0.2, 0) is 11.3 Å². The van der Waals surface area contributed by atoms with Gasteiger partial charge in [-0.1, -0.05) is 0 Å². The fraction of sp³-hybridized carbons (Fsp3) is 0.444. The summed E-state index contributed by atoms with van der Waals surface area (Å²) >= 11 is 1.62. The Morgan fingerprint density at radius 3 is 2.64 bits per heavy atom. The van der Waals surface area contributed by atoms with E-state index >= 15 is 0 Å². The van der Waals surface area contributed by atoms with Crippen LogP contribution in [-0.4, -0.2) is 29.5 Å². The largest absolute Gasteiger partial charge is 0.368 e. The molecule has 0 aliphatic heterocycles. The molecular formula is C18H23FN4OS. The number of primary amides is 1. The van der Waals surface area contributed by atoms with Crippen molar-refractivity contribution in [1.82, 2.24) is 4.98 Å². The summed E-state index contributed by atoms with van der Waals surface area (Å²) in [5.74, 6) is -0.734. The molecule has 25 heavy (non-hydrogen) atoms. The van der Waals surface area contributed by atoms with Crippen molar-refractivity contribution < 1.29 is 9.18 Å². The number of carbonyl (C=O) groups excluding carboxylic acids is 1. The van der Waals surface area contributed by atoms with Gasteiger partial charge in [0.15, 0.2) is 5.13 Å². The highest BCUT2D eigenvalue weighted by atomic mass is 32.1. The lowest BCUT2D eigenvalue weighted by atomic mass is 10.2. The van der Waals surface area contributed by atoms with Gasteiger partial charge in [-0.25, -0.2) is 9.37 Å². The standard InChI is InChI=1S/C18H23FN4OS/c1-3-22(15-8-9-15)18-21-14(11-25-18)10-23(12(2)17(20)24)16-6-4-13(19)5-7-16/h4-7,11-12,15H,3,8-10H2,1-2H3,(H2,20,24)/t12-/m1/s1. The molecule has 1 heterocycles. The summed E-state index contributed by atoms with van der Waals surface area (Å²) in [5, 5.41) is 3.04. The molecule has 1 fully saturated rings. The average molecular weight is 362 g/mol. The van der Waals surface area contributed by atoms with Crippen LogP contribution in [0.3, 0.4) is 0 Å². The molecule has 5 nitrogen and oxygen atoms in total. The molecule has 2 N–H and O–H groups in total. The van der Waals surface area contributed by atoms with Gasteiger partial charge in [0, 0.05) is 23.7 Å². The van der Waals surface area contributed by atoms with Crippen molar-refractivity contribution in [1.29, 1.82) is 0 Å². The predicted molar refractivity (Wildman–Crippen MR) is 99.4 cm³/mol. The first-order valence-electron chi connectivity index (χ1n) is 8.52. The summed E-state index contributed by atoms with van der Waals surface area (Å²) in [6.45, 7) is 5.28. The van der Waals surface area contributed by atoms with Crippen molar-refractivity contribution in [2.45, 2.75) is 45.3 Å². The summed E-state index contributed by atoms with van der Waals surface area (Å²) in [7, 11) is 0. The Morgan fingerprint density at radius 1 is 1.40 bits per heavy atom. The maximum absolute atomic E-state index is 13.2. The van der Waals surface area contributed by atoms with Crippen LogP contribution in [0, 0.1) is 5.82 Å². The van der Waals surface area contributed by atoms with E-state index in [1.54, 1.807) is 30.4 Å². The summed E-state index contributed by atoms with van der Waals surface area (Å²) in [6.07, 6.45) is 2.45. The number of halogens is 1. The van der Waals surface area contributed by atoms with Crippen molar-refractivity contribution in [3.05, 3.63) is 41.2 Å². The molecule has 1 aliphatic rings. The summed E-state index contributed by atoms with van der Waals surface area (Å²) < 4.78 is 13.2. The van der Waals surface area contributed by atoms with E-state index in [-0.39, 0.29) is 5.82 Å². The average Bonchev–Trinajstić information content (AvgIpc) is 3.32. The predicted octanol–water partition coefficient (Wildman–Crippen LogP) is 3.15. The maximum Gasteiger partial charge on any atom is 0.239 e. The van der Waals surface area contributed by atoms with E-state index in [9.17, 15) is 9.18 Å². The van der Waals surface area contributed by atoms with E-state index < -0.39 is 11.9 Å². The van der Waals surface area contributed by atoms with Gasteiger partial charge < -0.3 is 15.5 Å². The minimum atomic E-state index is -0.513. The molecule has 0 unspecified atom stereocenters. The quantitative estimate of drug-likeness (QED) is 0.784. The third-order valence-corrected chi connectivity index (χ3v) is 5.41. The van der Waals surface area contributed by atoms with Crippen LogP contribution in [0.5, 0.6) is 0 Å². The summed E-state index contributed by atoms with van der Waals surface area (Å²) in [6, 6.07) is 6.18. The molecule has 0 spiro atoms. The number of anilines is 2. The van der Waals surface area contributed by atoms with Crippen molar-refractivity contribution in [2.24, 2.45) is 5.73 Å². The molecular weight excluding hydrogens is 339 g/mol. The van der Waals surface area contributed by atoms with Crippen LogP contribution in [0.15, 0.2) is 29.6 Å². The first-order chi connectivity index (χ1) is 12.0. The second-order valence-electron chi connectivity index (χ2n) is 6.32. The van der Waals surface area contributed by atoms with Gasteiger partial charge in [0.05, 0.1) is 12.2 Å². The zero-order valence-electron chi connectivity index (χ0n) is 14.5. The van der Waals surface area contributed by atoms with Crippen molar-refractivity contribution in [3.63, 3.8) is 0 Å². The molecule has 134 valence electrons. The number of aromatic nitrogens is 1. The van der Waals surface area contributed by atoms with Gasteiger partial charge in [-0.2, -0.15) is 0 Å². The Labute approximate surface area is 151 Å². The summed E-state index contributed by atoms with van der Waals surface area (Å²) in [4.78, 5) is 20.6. The fourth-order valence-corrected chi connectivity index (χ4v) is 3.80. The van der Waals surface area contributed by atoms with Crippen LogP contribution in [0.25, 0.3) is 0 Å². The van der Waals surface area contributed by atoms with Crippen LogP contribution in [0.2, 0.25) is 0 Å². The Morgan fingerprint density at radius 2 is 2.08 bits per heavy atom. The number of hydrogen-bond donors (Lipinski definition) is 1. The molecule has 1 atom stereocenters. The number of carbonyl (C=O) groups is 1. The second-order valence-corrected chi connectivity index (χ2v) is 7.16. The Kier molecular flexibility index (Phi) is 5.22. The molecule has 1 aromatic heterocycles. The normalized spacial score (nSPS) is 15.0. The number of thiazole rings is 1. The molecule has 0 radical (unpaired) electrons. The highest BCUT2D eigenvalue weighted by molar-refractivity contribution is 7.13. The Hall–Kier alpha value is -2.15. The van der Waals surface area contributed by atoms with Crippen molar-refractivity contribution in [3.8, 4) is 0 Å². The molecule has 3 rings (SSSR count). The zero-order valence-corrected chi connectivity index (χ0v) is 15.3. The van der Waals surface area contributed by atoms with E-state index in [1.807, 2.05) is 10.3 Å². The third kappa shape index (κ3) is 4.10. The molecule has 0 bridgehead atoms. The third-order valence-electron chi connectivity index (χ3n) is 4.48. The van der Waals surface area contributed by atoms with Gasteiger partial charge in [-0.15, -0.1) is 11.3 Å². The van der Waals surface area contributed by atoms with Gasteiger partial charge in [-0.05, 0) is 51.0 Å². The SMILES string of the molecule is CCN(c1nc(CN(c2ccc(F)cc2)[C@H](C)C(N)=O)cs1)C1CC1. The lowest BCUT2D eigenvalue weighted by Crippen LogP contribution is -2.42. The molecule has 1 aliphatic carbocycles. The number of benzene rings is 1. The molecule has 1 amide bonds. The first-order valence-corrected chi connectivity index (χ1v) is 9.40. The molecule has 0 saturated heterocycles. The van der Waals surface area contributed by atoms with E-state index in [0.717, 1.165) is 23.1 Å². The lowest BCUT2D eigenvalue weighted by Gasteiger charge is -2.28. The van der Waals surface area contributed by atoms with E-state index in [2.05, 4.69) is 11.8 Å². The smallest absolute Gasteiger partial charge is 0.239 e. The number of amides is 1. The van der Waals surface area contributed by atoms with Gasteiger partial charge in [-0.3, -0.25) is 4.79 Å². The van der Waals surface area contributed by atoms with Crippen molar-refractivity contribution in [2.75, 3.05) is 16.3 Å². The van der Waals surface area contributed by atoms with Crippen LogP contribution in [0.1, 0.15) is 32.4 Å². The second kappa shape index (κ2) is 7.39. The number of nitrogens with two attached hydrogens (primary N) is 1. The molecule has 1 aromatic carbocycles. The lowest BCUT2D eigenvalue weighted by molar-refractivity contribution is -0.119. The molecule has 2 aromatic rings. The van der Waals surface area contributed by atoms with Crippen LogP contribution >= 0.6 is 11.3 Å². The molecule has 7 heteroatoms. The minimum absolute atomic E-state index is 0.311. The molecule has 1 saturated carbocycles. The maximum atomic E-state index is 13.2. The Bertz CT molecular complexity index is 729. The minimum Gasteiger partial charge on any atom is -0.368 e. The fourth-order valence-electron chi connectivity index (χ4n) is 2.85. The van der Waals surface area contributed by atoms with E-state index in [1.165, 1.54) is 25.0 Å². The number of hydrogen-bond acceptors (Lipinski definition) is 5. The number of rotatable bonds is 8. The van der Waals surface area contributed by atoms with E-state index in [4.69, 9.17) is 10.7 Å². The first kappa shape index (κ1) is 17.7. The zero-order chi connectivity index (χ0) is 18.0. The van der Waals surface area contributed by atoms with Crippen LogP contribution in [0.4, 0.5) is 15.2 Å². The summed E-state index contributed by atoms with van der Waals surface area (Å²) in [5.41, 5.74) is 7.13. The van der Waals surface area contributed by atoms with Crippen molar-refractivity contribution >= 4 is 28.1 Å². The number of nitrogens with zero attached hydrogens (tertiary/aromatic N) is 3. The topological polar surface area (TPSA) is 62.5 Å². The Balaban J connectivity index is 1.81. The van der Waals surface area contributed by atoms with Gasteiger partial charge in [0.2, 0.25) is 5.91 Å². The van der Waals surface area contributed by atoms with Gasteiger partial charge >= 0.3 is 0 Å². The van der Waals surface area contributed by atoms with Crippen LogP contribution < -0.4 is 15.5 Å². The monoisotopic (exact) mass is 362 g/mol. The van der Waals surface area contributed by atoms with E-state index in [0.29, 0.717) is 12.6 Å². The highest BCUT2D eigenvalue weighted by Gasteiger charge is 2.30. The van der Waals surface area contributed by atoms with Gasteiger partial charge in [0.1, 0.15) is 11.9 Å². The van der Waals surface area contributed by atoms with Gasteiger partial charge in [0.25, 0.3) is 0 Å². The highest BCUT2D eigenvalue weighted by Crippen LogP contribution is 2.33.